The van der Waals surface area contributed by atoms with Crippen molar-refractivity contribution in [2.75, 3.05) is 0 Å². The smallest absolute Gasteiger partial charge is 0.134 e. The second-order valence-electron chi connectivity index (χ2n) is 1.44. The van der Waals surface area contributed by atoms with Crippen molar-refractivity contribution >= 4 is 32.2 Å². The molecule has 0 aliphatic heterocycles. The first-order chi connectivity index (χ1) is 3.97. The van der Waals surface area contributed by atoms with Gasteiger partial charge in [0.25, 0.3) is 0 Å². The minimum absolute atomic E-state index is 1.16. The second-order valence-corrected chi connectivity index (χ2v) is 3.22. The molecule has 8 heavy (non-hydrogen) atoms. The molecule has 0 spiro atoms. The van der Waals surface area contributed by atoms with Gasteiger partial charge in [-0.1, -0.05) is 0 Å². The number of thiazole rings is 1. The molecule has 2 rings (SSSR count). The van der Waals surface area contributed by atoms with Crippen LogP contribution in [0.1, 0.15) is 0 Å². The lowest BCUT2D eigenvalue weighted by molar-refractivity contribution is 1.54. The molecule has 0 unspecified atom stereocenters. The predicted molar refractivity (Wildman–Crippen MR) is 37.5 cm³/mol. The van der Waals surface area contributed by atoms with Gasteiger partial charge >= 0.3 is 0 Å². The number of fused-ring (bicyclic) bond motifs is 1. The molecule has 0 N–H and O–H groups in total. The first kappa shape index (κ1) is 4.47. The minimum Gasteiger partial charge on any atom is -0.234 e. The number of hydrogen-bond donors (Lipinski definition) is 0. The minimum atomic E-state index is 1.16. The summed E-state index contributed by atoms with van der Waals surface area (Å²) in [5.41, 5.74) is 1.88. The topological polar surface area (TPSA) is 12.9 Å². The molecule has 3 heteroatoms. The van der Waals surface area contributed by atoms with E-state index in [-0.39, 0.29) is 0 Å². The summed E-state index contributed by atoms with van der Waals surface area (Å²) in [6, 6.07) is 2.09. The summed E-state index contributed by atoms with van der Waals surface area (Å²) in [6.45, 7) is 0. The van der Waals surface area contributed by atoms with Crippen molar-refractivity contribution in [1.29, 1.82) is 0 Å². The molecule has 1 nitrogen and oxygen atoms in total. The van der Waals surface area contributed by atoms with E-state index in [0.29, 0.717) is 0 Å². The Morgan fingerprint density at radius 1 is 1.38 bits per heavy atom. The summed E-state index contributed by atoms with van der Waals surface area (Å²) >= 11 is 3.39. The molecule has 0 aliphatic rings. The molecule has 2 heterocycles. The van der Waals surface area contributed by atoms with Gasteiger partial charge in [0.05, 0.1) is 10.2 Å². The summed E-state index contributed by atoms with van der Waals surface area (Å²) in [7, 11) is 0. The van der Waals surface area contributed by atoms with Gasteiger partial charge < -0.3 is 0 Å². The van der Waals surface area contributed by atoms with Crippen LogP contribution < -0.4 is 0 Å². The molecule has 0 fully saturated rings. The van der Waals surface area contributed by atoms with Crippen LogP contribution in [0, 0.1) is 0 Å². The molecular formula is C5H3NS2. The van der Waals surface area contributed by atoms with E-state index >= 15 is 0 Å². The highest BCUT2D eigenvalue weighted by Crippen LogP contribution is 2.21. The Morgan fingerprint density at radius 2 is 2.38 bits per heavy atom. The van der Waals surface area contributed by atoms with Gasteiger partial charge in [-0.05, 0) is 11.4 Å². The van der Waals surface area contributed by atoms with Crippen molar-refractivity contribution in [3.05, 3.63) is 17.0 Å². The Morgan fingerprint density at radius 3 is 3.25 bits per heavy atom. The molecule has 0 bridgehead atoms. The molecule has 0 saturated carbocycles. The van der Waals surface area contributed by atoms with Crippen LogP contribution in [0.2, 0.25) is 0 Å². The lowest BCUT2D eigenvalue weighted by Gasteiger charge is -1.62. The fraction of sp³-hybridized carbons (Fsp3) is 0. The number of nitrogens with zero attached hydrogens (tertiary/aromatic N) is 1. The van der Waals surface area contributed by atoms with Gasteiger partial charge in [-0.25, -0.2) is 4.98 Å². The van der Waals surface area contributed by atoms with Crippen molar-refractivity contribution in [2.45, 2.75) is 0 Å². The number of thiophene rings is 1. The zero-order chi connectivity index (χ0) is 5.40. The number of aromatic nitrogens is 1. The zero-order valence-electron chi connectivity index (χ0n) is 4.00. The highest BCUT2D eigenvalue weighted by Gasteiger charge is 1.92. The third kappa shape index (κ3) is 0.485. The van der Waals surface area contributed by atoms with Gasteiger partial charge in [-0.15, -0.1) is 22.7 Å². The molecule has 0 radical (unpaired) electrons. The van der Waals surface area contributed by atoms with E-state index in [2.05, 4.69) is 16.4 Å². The normalized spacial score (nSPS) is 10.5. The number of hydrogen-bond acceptors (Lipinski definition) is 3. The van der Waals surface area contributed by atoms with E-state index in [1.807, 2.05) is 5.51 Å². The van der Waals surface area contributed by atoms with E-state index < -0.39 is 0 Å². The van der Waals surface area contributed by atoms with Gasteiger partial charge in [0.15, 0.2) is 0 Å². The highest BCUT2D eigenvalue weighted by molar-refractivity contribution is 7.25. The van der Waals surface area contributed by atoms with Crippen LogP contribution in [0.5, 0.6) is 0 Å². The summed E-state index contributed by atoms with van der Waals surface area (Å²) in [4.78, 5) is 5.28. The van der Waals surface area contributed by atoms with E-state index in [1.54, 1.807) is 22.7 Å². The molecule has 0 saturated heterocycles. The van der Waals surface area contributed by atoms with Crippen LogP contribution in [0.25, 0.3) is 9.53 Å². The average Bonchev–Trinajstić information content (AvgIpc) is 2.15. The predicted octanol–water partition coefficient (Wildman–Crippen LogP) is 2.36. The lowest BCUT2D eigenvalue weighted by Crippen LogP contribution is -1.46. The maximum Gasteiger partial charge on any atom is 0.134 e. The standard InChI is InChI=1S/C5H3NS2/c1-2-7-5-4(1)8-3-6-5/h1-3H. The van der Waals surface area contributed by atoms with Gasteiger partial charge in [0.2, 0.25) is 0 Å². The van der Waals surface area contributed by atoms with Gasteiger partial charge in [-0.2, -0.15) is 0 Å². The Kier molecular flexibility index (Phi) is 0.856. The quantitative estimate of drug-likeness (QED) is 0.549. The Labute approximate surface area is 54.6 Å². The molecule has 0 amide bonds. The maximum atomic E-state index is 4.12. The van der Waals surface area contributed by atoms with Crippen molar-refractivity contribution in [1.82, 2.24) is 4.98 Å². The van der Waals surface area contributed by atoms with Gasteiger partial charge in [-0.3, -0.25) is 0 Å². The van der Waals surface area contributed by atoms with Crippen LogP contribution in [0.4, 0.5) is 0 Å². The van der Waals surface area contributed by atoms with Crippen LogP contribution >= 0.6 is 22.7 Å². The Hall–Kier alpha value is -0.410. The van der Waals surface area contributed by atoms with E-state index in [0.717, 1.165) is 4.83 Å². The molecule has 0 aliphatic carbocycles. The molecule has 2 aromatic heterocycles. The van der Waals surface area contributed by atoms with E-state index in [1.165, 1.54) is 4.70 Å². The van der Waals surface area contributed by atoms with Crippen molar-refractivity contribution in [3.8, 4) is 0 Å². The first-order valence-corrected chi connectivity index (χ1v) is 3.99. The molecule has 0 atom stereocenters. The maximum absolute atomic E-state index is 4.12. The highest BCUT2D eigenvalue weighted by atomic mass is 32.1. The van der Waals surface area contributed by atoms with Crippen LogP contribution in [0.3, 0.4) is 0 Å². The summed E-state index contributed by atoms with van der Waals surface area (Å²) in [5.74, 6) is 0. The third-order valence-electron chi connectivity index (χ3n) is 0.960. The van der Waals surface area contributed by atoms with Crippen molar-refractivity contribution in [2.24, 2.45) is 0 Å². The van der Waals surface area contributed by atoms with Gasteiger partial charge in [0.1, 0.15) is 4.83 Å². The summed E-state index contributed by atoms with van der Waals surface area (Å²) in [5, 5.41) is 2.06. The van der Waals surface area contributed by atoms with E-state index in [4.69, 9.17) is 0 Å². The Bertz CT molecular complexity index is 232. The zero-order valence-corrected chi connectivity index (χ0v) is 5.63. The third-order valence-corrected chi connectivity index (χ3v) is 2.70. The monoisotopic (exact) mass is 141 g/mol. The largest absolute Gasteiger partial charge is 0.234 e. The Balaban J connectivity index is 3.06. The molecule has 2 aromatic rings. The van der Waals surface area contributed by atoms with Crippen LogP contribution in [-0.2, 0) is 0 Å². The lowest BCUT2D eigenvalue weighted by atomic mass is 10.6. The SMILES string of the molecule is c1nc2sccc2s1. The van der Waals surface area contributed by atoms with Crippen LogP contribution in [-0.4, -0.2) is 4.98 Å². The second kappa shape index (κ2) is 1.53. The van der Waals surface area contributed by atoms with Crippen molar-refractivity contribution < 1.29 is 0 Å². The summed E-state index contributed by atoms with van der Waals surface area (Å²) in [6.07, 6.45) is 0. The average molecular weight is 141 g/mol. The summed E-state index contributed by atoms with van der Waals surface area (Å²) < 4.78 is 1.30. The van der Waals surface area contributed by atoms with Crippen molar-refractivity contribution in [3.63, 3.8) is 0 Å². The number of rotatable bonds is 0. The molecular weight excluding hydrogens is 138 g/mol. The fourth-order valence-corrected chi connectivity index (χ4v) is 2.25. The molecule has 0 aromatic carbocycles. The molecule has 40 valence electrons. The fourth-order valence-electron chi connectivity index (χ4n) is 0.604. The van der Waals surface area contributed by atoms with Gasteiger partial charge in [0, 0.05) is 0 Å². The van der Waals surface area contributed by atoms with Crippen LogP contribution in [0.15, 0.2) is 17.0 Å². The first-order valence-electron chi connectivity index (χ1n) is 2.23. The van der Waals surface area contributed by atoms with E-state index in [9.17, 15) is 0 Å².